The summed E-state index contributed by atoms with van der Waals surface area (Å²) in [5.74, 6) is 0.969. The summed E-state index contributed by atoms with van der Waals surface area (Å²) in [5, 5.41) is 1.18. The van der Waals surface area contributed by atoms with E-state index in [1.54, 1.807) is 13.2 Å². The predicted molar refractivity (Wildman–Crippen MR) is 115 cm³/mol. The monoisotopic (exact) mass is 408 g/mol. The van der Waals surface area contributed by atoms with Gasteiger partial charge in [0.15, 0.2) is 0 Å². The third-order valence-electron chi connectivity index (χ3n) is 6.27. The van der Waals surface area contributed by atoms with Crippen molar-refractivity contribution < 1.29 is 9.47 Å². The van der Waals surface area contributed by atoms with Gasteiger partial charge >= 0.3 is 5.69 Å². The highest BCUT2D eigenvalue weighted by Crippen LogP contribution is 2.32. The molecule has 1 unspecified atom stereocenters. The zero-order chi connectivity index (χ0) is 20.5. The van der Waals surface area contributed by atoms with E-state index in [4.69, 9.17) is 9.47 Å². The second-order valence-electron chi connectivity index (χ2n) is 8.34. The van der Waals surface area contributed by atoms with E-state index < -0.39 is 0 Å². The van der Waals surface area contributed by atoms with E-state index in [0.29, 0.717) is 12.6 Å². The summed E-state index contributed by atoms with van der Waals surface area (Å²) in [6.07, 6.45) is 7.16. The van der Waals surface area contributed by atoms with Crippen LogP contribution >= 0.6 is 0 Å². The third-order valence-corrected chi connectivity index (χ3v) is 6.27. The van der Waals surface area contributed by atoms with Crippen LogP contribution in [0.15, 0.2) is 47.5 Å². The molecular weight excluding hydrogens is 380 g/mol. The van der Waals surface area contributed by atoms with E-state index in [0.717, 1.165) is 57.0 Å². The van der Waals surface area contributed by atoms with Gasteiger partial charge in [-0.2, -0.15) is 4.98 Å². The normalized spacial score (nSPS) is 20.8. The number of aromatic nitrogens is 3. The Morgan fingerprint density at radius 1 is 1.13 bits per heavy atom. The number of fused-ring (bicyclic) bond motifs is 1. The maximum absolute atomic E-state index is 11.7. The van der Waals surface area contributed by atoms with Crippen LogP contribution in [0.1, 0.15) is 31.0 Å². The zero-order valence-electron chi connectivity index (χ0n) is 17.4. The lowest BCUT2D eigenvalue weighted by Crippen LogP contribution is -2.38. The van der Waals surface area contributed by atoms with Crippen LogP contribution in [0.4, 0.5) is 0 Å². The van der Waals surface area contributed by atoms with Crippen molar-refractivity contribution in [3.8, 4) is 5.75 Å². The number of hydrogen-bond acceptors (Lipinski definition) is 5. The second kappa shape index (κ2) is 8.24. The van der Waals surface area contributed by atoms with Crippen molar-refractivity contribution in [3.63, 3.8) is 0 Å². The Labute approximate surface area is 175 Å². The van der Waals surface area contributed by atoms with Gasteiger partial charge in [-0.3, -0.25) is 4.90 Å². The summed E-state index contributed by atoms with van der Waals surface area (Å²) in [7, 11) is 1.72. The van der Waals surface area contributed by atoms with Crippen LogP contribution in [0.3, 0.4) is 0 Å². The van der Waals surface area contributed by atoms with Gasteiger partial charge in [0.1, 0.15) is 11.9 Å². The van der Waals surface area contributed by atoms with Gasteiger partial charge in [-0.1, -0.05) is 6.07 Å². The lowest BCUT2D eigenvalue weighted by molar-refractivity contribution is 0.0972. The minimum Gasteiger partial charge on any atom is -0.490 e. The number of hydrogen-bond donors (Lipinski definition) is 0. The van der Waals surface area contributed by atoms with Crippen LogP contribution in [-0.2, 0) is 18.3 Å². The van der Waals surface area contributed by atoms with Gasteiger partial charge in [-0.05, 0) is 43.5 Å². The van der Waals surface area contributed by atoms with E-state index in [-0.39, 0.29) is 11.8 Å². The summed E-state index contributed by atoms with van der Waals surface area (Å²) in [6.45, 7) is 4.22. The number of likely N-dealkylation sites (tertiary alicyclic amines) is 1. The minimum atomic E-state index is -0.199. The Hall–Kier alpha value is -2.64. The molecule has 3 aromatic rings. The third kappa shape index (κ3) is 3.87. The first kappa shape index (κ1) is 19.3. The van der Waals surface area contributed by atoms with Crippen molar-refractivity contribution in [2.75, 3.05) is 26.3 Å². The molecule has 7 heteroatoms. The fourth-order valence-electron chi connectivity index (χ4n) is 4.51. The Morgan fingerprint density at radius 2 is 2.00 bits per heavy atom. The molecule has 0 bridgehead atoms. The van der Waals surface area contributed by atoms with Crippen LogP contribution in [0, 0.1) is 0 Å². The average Bonchev–Trinajstić information content (AvgIpc) is 3.42. The highest BCUT2D eigenvalue weighted by molar-refractivity contribution is 5.86. The zero-order valence-corrected chi connectivity index (χ0v) is 17.4. The van der Waals surface area contributed by atoms with Crippen LogP contribution < -0.4 is 10.4 Å². The molecule has 0 saturated carbocycles. The molecular formula is C23H28N4O3. The SMILES string of the molecule is Cn1ccc(CN2CCC(Oc3cccc4c3ccn4C3CCOC3)CC2)nc1=O. The van der Waals surface area contributed by atoms with Gasteiger partial charge in [0, 0.05) is 51.1 Å². The summed E-state index contributed by atoms with van der Waals surface area (Å²) in [5.41, 5.74) is 1.85. The molecule has 2 aliphatic heterocycles. The van der Waals surface area contributed by atoms with Crippen LogP contribution in [0.25, 0.3) is 10.9 Å². The minimum absolute atomic E-state index is 0.199. The van der Waals surface area contributed by atoms with E-state index >= 15 is 0 Å². The van der Waals surface area contributed by atoms with Crippen molar-refractivity contribution in [1.29, 1.82) is 0 Å². The summed E-state index contributed by atoms with van der Waals surface area (Å²) in [6, 6.07) is 10.8. The van der Waals surface area contributed by atoms with Crippen molar-refractivity contribution >= 4 is 10.9 Å². The van der Waals surface area contributed by atoms with Gasteiger partial charge in [0.2, 0.25) is 0 Å². The predicted octanol–water partition coefficient (Wildman–Crippen LogP) is 2.74. The first-order valence-electron chi connectivity index (χ1n) is 10.8. The molecule has 7 nitrogen and oxygen atoms in total. The first-order chi connectivity index (χ1) is 14.7. The Morgan fingerprint density at radius 3 is 2.77 bits per heavy atom. The van der Waals surface area contributed by atoms with E-state index in [2.05, 4.69) is 44.9 Å². The molecule has 2 fully saturated rings. The fraction of sp³-hybridized carbons (Fsp3) is 0.478. The van der Waals surface area contributed by atoms with Crippen molar-refractivity contribution in [2.45, 2.75) is 38.0 Å². The standard InChI is InChI=1S/C23H28N4O3/c1-25-10-5-17(24-23(25)28)15-26-11-6-19(7-12-26)30-22-4-2-3-21-20(22)8-13-27(21)18-9-14-29-16-18/h2-5,8,10,13,18-19H,6-7,9,11-12,14-16H2,1H3. The smallest absolute Gasteiger partial charge is 0.347 e. The number of rotatable bonds is 5. The lowest BCUT2D eigenvalue weighted by atomic mass is 10.1. The number of nitrogens with zero attached hydrogens (tertiary/aromatic N) is 4. The molecule has 0 N–H and O–H groups in total. The molecule has 0 amide bonds. The van der Waals surface area contributed by atoms with Gasteiger partial charge in [-0.25, -0.2) is 4.79 Å². The van der Waals surface area contributed by atoms with Crippen molar-refractivity contribution in [1.82, 2.24) is 19.0 Å². The van der Waals surface area contributed by atoms with E-state index in [9.17, 15) is 4.79 Å². The van der Waals surface area contributed by atoms with Crippen LogP contribution in [0.2, 0.25) is 0 Å². The van der Waals surface area contributed by atoms with Gasteiger partial charge in [0.25, 0.3) is 0 Å². The Bertz CT molecular complexity index is 1080. The molecule has 158 valence electrons. The fourth-order valence-corrected chi connectivity index (χ4v) is 4.51. The average molecular weight is 409 g/mol. The molecule has 0 radical (unpaired) electrons. The Balaban J connectivity index is 1.22. The molecule has 4 heterocycles. The van der Waals surface area contributed by atoms with Gasteiger partial charge in [0.05, 0.1) is 23.9 Å². The molecule has 5 rings (SSSR count). The largest absolute Gasteiger partial charge is 0.490 e. The lowest BCUT2D eigenvalue weighted by Gasteiger charge is -2.32. The first-order valence-corrected chi connectivity index (χ1v) is 10.8. The van der Waals surface area contributed by atoms with Gasteiger partial charge in [-0.15, -0.1) is 0 Å². The maximum Gasteiger partial charge on any atom is 0.347 e. The number of benzene rings is 1. The molecule has 2 aliphatic rings. The molecule has 30 heavy (non-hydrogen) atoms. The molecule has 1 aromatic carbocycles. The summed E-state index contributed by atoms with van der Waals surface area (Å²) in [4.78, 5) is 18.2. The van der Waals surface area contributed by atoms with E-state index in [1.165, 1.54) is 15.5 Å². The molecule has 2 saturated heterocycles. The highest BCUT2D eigenvalue weighted by atomic mass is 16.5. The summed E-state index contributed by atoms with van der Waals surface area (Å²) >= 11 is 0. The molecule has 2 aromatic heterocycles. The van der Waals surface area contributed by atoms with Crippen LogP contribution in [-0.4, -0.2) is 51.4 Å². The number of ether oxygens (including phenoxy) is 2. The van der Waals surface area contributed by atoms with Crippen molar-refractivity contribution in [3.05, 3.63) is 58.9 Å². The number of aryl methyl sites for hydroxylation is 1. The highest BCUT2D eigenvalue weighted by Gasteiger charge is 2.23. The molecule has 1 atom stereocenters. The molecule has 0 aliphatic carbocycles. The van der Waals surface area contributed by atoms with Crippen molar-refractivity contribution in [2.24, 2.45) is 7.05 Å². The van der Waals surface area contributed by atoms with E-state index in [1.807, 2.05) is 6.07 Å². The topological polar surface area (TPSA) is 61.5 Å². The van der Waals surface area contributed by atoms with Gasteiger partial charge < -0.3 is 18.6 Å². The quantitative estimate of drug-likeness (QED) is 0.650. The second-order valence-corrected chi connectivity index (χ2v) is 8.34. The summed E-state index contributed by atoms with van der Waals surface area (Å²) < 4.78 is 15.8. The maximum atomic E-state index is 11.7. The Kier molecular flexibility index (Phi) is 5.31. The van der Waals surface area contributed by atoms with Crippen LogP contribution in [0.5, 0.6) is 5.75 Å². The number of piperidine rings is 1. The molecule has 0 spiro atoms.